The topological polar surface area (TPSA) is 100 Å². The van der Waals surface area contributed by atoms with Crippen molar-refractivity contribution in [3.63, 3.8) is 0 Å². The van der Waals surface area contributed by atoms with E-state index < -0.39 is 0 Å². The molecule has 0 atom stereocenters. The second-order valence-corrected chi connectivity index (χ2v) is 9.11. The zero-order valence-corrected chi connectivity index (χ0v) is 20.2. The Balaban J connectivity index is 1.54. The first-order valence-corrected chi connectivity index (χ1v) is 11.7. The van der Waals surface area contributed by atoms with Crippen LogP contribution in [0.5, 0.6) is 0 Å². The Kier molecular flexibility index (Phi) is 8.38. The summed E-state index contributed by atoms with van der Waals surface area (Å²) in [6, 6.07) is 12.5. The summed E-state index contributed by atoms with van der Waals surface area (Å²) in [5, 5.41) is 11.1. The molecule has 166 valence electrons. The summed E-state index contributed by atoms with van der Waals surface area (Å²) in [6.07, 6.45) is 0.655. The number of hydrogen-bond acceptors (Lipinski definition) is 5. The van der Waals surface area contributed by atoms with Crippen molar-refractivity contribution in [2.24, 2.45) is 0 Å². The number of halogens is 2. The first-order valence-electron chi connectivity index (χ1n) is 9.64. The van der Waals surface area contributed by atoms with Gasteiger partial charge in [-0.05, 0) is 42.3 Å². The number of nitrogens with one attached hydrogen (secondary N) is 3. The van der Waals surface area contributed by atoms with E-state index in [-0.39, 0.29) is 24.3 Å². The number of amides is 3. The van der Waals surface area contributed by atoms with E-state index in [2.05, 4.69) is 36.9 Å². The van der Waals surface area contributed by atoms with Crippen LogP contribution in [0.25, 0.3) is 0 Å². The molecule has 32 heavy (non-hydrogen) atoms. The van der Waals surface area contributed by atoms with Crippen LogP contribution in [-0.4, -0.2) is 29.3 Å². The van der Waals surface area contributed by atoms with Crippen molar-refractivity contribution < 1.29 is 14.4 Å². The summed E-state index contributed by atoms with van der Waals surface area (Å²) in [4.78, 5) is 40.6. The fourth-order valence-electron chi connectivity index (χ4n) is 2.85. The summed E-state index contributed by atoms with van der Waals surface area (Å²) in [5.74, 6) is -0.911. The average molecular weight is 536 g/mol. The van der Waals surface area contributed by atoms with Crippen LogP contribution in [0.15, 0.2) is 52.3 Å². The van der Waals surface area contributed by atoms with Crippen LogP contribution >= 0.6 is 38.9 Å². The average Bonchev–Trinajstić information content (AvgIpc) is 3.22. The number of hydrogen-bond donors (Lipinski definition) is 3. The van der Waals surface area contributed by atoms with Gasteiger partial charge in [-0.3, -0.25) is 14.4 Å². The van der Waals surface area contributed by atoms with Crippen LogP contribution in [0.2, 0.25) is 5.02 Å². The molecule has 0 saturated heterocycles. The maximum atomic E-state index is 12.6. The van der Waals surface area contributed by atoms with Gasteiger partial charge in [0, 0.05) is 28.3 Å². The molecule has 3 rings (SSSR count). The zero-order valence-electron chi connectivity index (χ0n) is 17.1. The Morgan fingerprint density at radius 2 is 1.91 bits per heavy atom. The van der Waals surface area contributed by atoms with Gasteiger partial charge in [-0.2, -0.15) is 0 Å². The summed E-state index contributed by atoms with van der Waals surface area (Å²) in [7, 11) is 0. The molecule has 0 aliphatic carbocycles. The molecule has 3 N–H and O–H groups in total. The minimum absolute atomic E-state index is 0.158. The molecule has 0 aliphatic heterocycles. The van der Waals surface area contributed by atoms with Crippen molar-refractivity contribution in [3.8, 4) is 0 Å². The Labute approximate surface area is 202 Å². The fraction of sp³-hybridized carbons (Fsp3) is 0.182. The fourth-order valence-corrected chi connectivity index (χ4v) is 4.14. The van der Waals surface area contributed by atoms with Crippen LogP contribution in [0.4, 0.5) is 5.69 Å². The van der Waals surface area contributed by atoms with E-state index in [0.29, 0.717) is 44.4 Å². The van der Waals surface area contributed by atoms with Crippen LogP contribution < -0.4 is 16.0 Å². The summed E-state index contributed by atoms with van der Waals surface area (Å²) < 4.78 is 0.711. The van der Waals surface area contributed by atoms with E-state index in [0.717, 1.165) is 5.56 Å². The molecule has 1 aromatic heterocycles. The van der Waals surface area contributed by atoms with Crippen molar-refractivity contribution in [1.29, 1.82) is 0 Å². The van der Waals surface area contributed by atoms with Gasteiger partial charge in [0.1, 0.15) is 10.7 Å². The highest BCUT2D eigenvalue weighted by atomic mass is 79.9. The SMILES string of the molecule is CC(=O)Nc1ccc(Br)cc1C(=O)NCc1nc(C(=O)NCCc2cccc(Cl)c2)cs1. The van der Waals surface area contributed by atoms with E-state index in [1.807, 2.05) is 18.2 Å². The molecule has 3 amide bonds. The highest BCUT2D eigenvalue weighted by molar-refractivity contribution is 9.10. The Bertz CT molecular complexity index is 1150. The first kappa shape index (κ1) is 23.9. The number of thiazole rings is 1. The van der Waals surface area contributed by atoms with Gasteiger partial charge in [0.05, 0.1) is 17.8 Å². The predicted molar refractivity (Wildman–Crippen MR) is 129 cm³/mol. The first-order chi connectivity index (χ1) is 15.3. The number of rotatable bonds is 8. The van der Waals surface area contributed by atoms with Gasteiger partial charge >= 0.3 is 0 Å². The van der Waals surface area contributed by atoms with E-state index in [4.69, 9.17) is 11.6 Å². The number of nitrogens with zero attached hydrogens (tertiary/aromatic N) is 1. The molecule has 3 aromatic rings. The molecule has 0 saturated carbocycles. The van der Waals surface area contributed by atoms with Crippen molar-refractivity contribution in [2.45, 2.75) is 19.9 Å². The van der Waals surface area contributed by atoms with Gasteiger partial charge < -0.3 is 16.0 Å². The largest absolute Gasteiger partial charge is 0.350 e. The highest BCUT2D eigenvalue weighted by Gasteiger charge is 2.15. The minimum Gasteiger partial charge on any atom is -0.350 e. The van der Waals surface area contributed by atoms with Gasteiger partial charge in [0.15, 0.2) is 0 Å². The van der Waals surface area contributed by atoms with Gasteiger partial charge in [-0.1, -0.05) is 39.7 Å². The number of carbonyl (C=O) groups excluding carboxylic acids is 3. The molecular weight excluding hydrogens is 516 g/mol. The van der Waals surface area contributed by atoms with E-state index in [1.165, 1.54) is 18.3 Å². The number of aromatic nitrogens is 1. The maximum absolute atomic E-state index is 12.6. The van der Waals surface area contributed by atoms with Crippen LogP contribution in [0, 0.1) is 0 Å². The normalized spacial score (nSPS) is 10.5. The zero-order chi connectivity index (χ0) is 23.1. The molecule has 0 spiro atoms. The summed E-state index contributed by atoms with van der Waals surface area (Å²) >= 11 is 10.6. The number of carbonyl (C=O) groups is 3. The van der Waals surface area contributed by atoms with Crippen molar-refractivity contribution in [1.82, 2.24) is 15.6 Å². The molecule has 0 radical (unpaired) electrons. The number of anilines is 1. The second-order valence-electron chi connectivity index (χ2n) is 6.82. The van der Waals surface area contributed by atoms with Crippen LogP contribution in [0.1, 0.15) is 38.3 Å². The van der Waals surface area contributed by atoms with Gasteiger partial charge in [0.25, 0.3) is 11.8 Å². The standard InChI is InChI=1S/C22H20BrClN4O3S/c1-13(29)27-18-6-5-15(23)10-17(18)21(30)26-11-20-28-19(12-32-20)22(31)25-8-7-14-3-2-4-16(24)9-14/h2-6,9-10,12H,7-8,11H2,1H3,(H,25,31)(H,26,30)(H,27,29). The lowest BCUT2D eigenvalue weighted by Crippen LogP contribution is -2.26. The molecule has 7 nitrogen and oxygen atoms in total. The Hall–Kier alpha value is -2.75. The van der Waals surface area contributed by atoms with Crippen molar-refractivity contribution >= 4 is 62.3 Å². The molecule has 1 heterocycles. The van der Waals surface area contributed by atoms with E-state index in [9.17, 15) is 14.4 Å². The van der Waals surface area contributed by atoms with E-state index in [1.54, 1.807) is 29.6 Å². The monoisotopic (exact) mass is 534 g/mol. The van der Waals surface area contributed by atoms with Gasteiger partial charge in [-0.15, -0.1) is 11.3 Å². The predicted octanol–water partition coefficient (Wildman–Crippen LogP) is 4.42. The van der Waals surface area contributed by atoms with Crippen LogP contribution in [0.3, 0.4) is 0 Å². The minimum atomic E-state index is -0.363. The van der Waals surface area contributed by atoms with Gasteiger partial charge in [0.2, 0.25) is 5.91 Å². The Morgan fingerprint density at radius 1 is 1.09 bits per heavy atom. The lowest BCUT2D eigenvalue weighted by atomic mass is 10.1. The molecule has 0 unspecified atom stereocenters. The third-order valence-corrected chi connectivity index (χ3v) is 5.89. The maximum Gasteiger partial charge on any atom is 0.270 e. The third-order valence-electron chi connectivity index (χ3n) is 4.31. The quantitative estimate of drug-likeness (QED) is 0.397. The van der Waals surface area contributed by atoms with Crippen molar-refractivity contribution in [3.05, 3.63) is 79.2 Å². The second kappa shape index (κ2) is 11.2. The lowest BCUT2D eigenvalue weighted by molar-refractivity contribution is -0.114. The summed E-state index contributed by atoms with van der Waals surface area (Å²) in [5.41, 5.74) is 2.07. The molecule has 2 aromatic carbocycles. The summed E-state index contributed by atoms with van der Waals surface area (Å²) in [6.45, 7) is 1.99. The smallest absolute Gasteiger partial charge is 0.270 e. The molecule has 0 bridgehead atoms. The Morgan fingerprint density at radius 3 is 2.66 bits per heavy atom. The van der Waals surface area contributed by atoms with Crippen LogP contribution in [-0.2, 0) is 17.8 Å². The van der Waals surface area contributed by atoms with Crippen molar-refractivity contribution in [2.75, 3.05) is 11.9 Å². The molecule has 0 fully saturated rings. The third kappa shape index (κ3) is 6.88. The molecule has 0 aliphatic rings. The number of benzene rings is 2. The van der Waals surface area contributed by atoms with Gasteiger partial charge in [-0.25, -0.2) is 4.98 Å². The molecular formula is C22H20BrClN4O3S. The molecule has 10 heteroatoms. The highest BCUT2D eigenvalue weighted by Crippen LogP contribution is 2.21. The van der Waals surface area contributed by atoms with E-state index >= 15 is 0 Å². The lowest BCUT2D eigenvalue weighted by Gasteiger charge is -2.10.